The normalized spacial score (nSPS) is 19.6. The number of nitrogens with one attached hydrogen (secondary N) is 2. The van der Waals surface area contributed by atoms with Crippen molar-refractivity contribution in [2.75, 3.05) is 27.3 Å². The van der Waals surface area contributed by atoms with Gasteiger partial charge in [0.15, 0.2) is 18.0 Å². The molecule has 1 unspecified atom stereocenters. The molecular formula is C25H32N3O3+. The molecule has 3 rings (SSSR count). The Bertz CT molecular complexity index is 968. The number of benzene rings is 2. The number of methoxy groups -OCH3 is 2. The van der Waals surface area contributed by atoms with E-state index in [0.29, 0.717) is 5.75 Å². The van der Waals surface area contributed by atoms with E-state index in [1.54, 1.807) is 21.1 Å². The second-order valence-corrected chi connectivity index (χ2v) is 8.60. The summed E-state index contributed by atoms with van der Waals surface area (Å²) in [5.74, 6) is 1.30. The number of nitrogens with zero attached hydrogens (tertiary/aromatic N) is 1. The van der Waals surface area contributed by atoms with Crippen LogP contribution >= 0.6 is 0 Å². The van der Waals surface area contributed by atoms with Crippen LogP contribution in [-0.2, 0) is 11.2 Å². The molecule has 2 N–H and O–H groups in total. The average molecular weight is 423 g/mol. The van der Waals surface area contributed by atoms with E-state index in [0.717, 1.165) is 34.7 Å². The van der Waals surface area contributed by atoms with Crippen molar-refractivity contribution in [1.82, 2.24) is 5.32 Å². The summed E-state index contributed by atoms with van der Waals surface area (Å²) in [6.07, 6.45) is 0.835. The van der Waals surface area contributed by atoms with E-state index in [4.69, 9.17) is 9.47 Å². The van der Waals surface area contributed by atoms with Crippen molar-refractivity contribution in [3.63, 3.8) is 0 Å². The van der Waals surface area contributed by atoms with Crippen LogP contribution in [0.2, 0.25) is 0 Å². The Labute approximate surface area is 184 Å². The van der Waals surface area contributed by atoms with E-state index in [-0.39, 0.29) is 24.4 Å². The zero-order valence-corrected chi connectivity index (χ0v) is 19.0. The molecule has 31 heavy (non-hydrogen) atoms. The monoisotopic (exact) mass is 422 g/mol. The minimum absolute atomic E-state index is 0.0112. The molecule has 0 saturated carbocycles. The maximum absolute atomic E-state index is 13.0. The van der Waals surface area contributed by atoms with Gasteiger partial charge in [-0.1, -0.05) is 44.2 Å². The second-order valence-electron chi connectivity index (χ2n) is 8.60. The van der Waals surface area contributed by atoms with Crippen LogP contribution in [0.1, 0.15) is 43.5 Å². The lowest BCUT2D eigenvalue weighted by atomic mass is 9.87. The summed E-state index contributed by atoms with van der Waals surface area (Å²) in [5.41, 5.74) is 2.61. The van der Waals surface area contributed by atoms with Crippen molar-refractivity contribution >= 4 is 5.91 Å². The first-order valence-corrected chi connectivity index (χ1v) is 10.7. The number of quaternary nitrogens is 1. The quantitative estimate of drug-likeness (QED) is 0.718. The molecule has 1 aliphatic heterocycles. The average Bonchev–Trinajstić information content (AvgIpc) is 2.78. The maximum atomic E-state index is 13.0. The van der Waals surface area contributed by atoms with Crippen molar-refractivity contribution < 1.29 is 19.2 Å². The number of carbonyl (C=O) groups excluding carboxylic acids is 1. The molecule has 0 aliphatic carbocycles. The molecule has 0 fully saturated rings. The second kappa shape index (κ2) is 9.40. The lowest BCUT2D eigenvalue weighted by Gasteiger charge is -2.35. The van der Waals surface area contributed by atoms with Crippen molar-refractivity contribution in [3.8, 4) is 17.6 Å². The first kappa shape index (κ1) is 22.6. The molecule has 164 valence electrons. The van der Waals surface area contributed by atoms with Gasteiger partial charge in [-0.05, 0) is 30.5 Å². The van der Waals surface area contributed by atoms with E-state index >= 15 is 0 Å². The third-order valence-electron chi connectivity index (χ3n) is 6.39. The Kier molecular flexibility index (Phi) is 6.87. The molecule has 0 saturated heterocycles. The number of hydrogen-bond acceptors (Lipinski definition) is 4. The number of ether oxygens (including phenoxy) is 2. The van der Waals surface area contributed by atoms with Gasteiger partial charge in [-0.3, -0.25) is 4.79 Å². The van der Waals surface area contributed by atoms with Crippen molar-refractivity contribution in [3.05, 3.63) is 59.2 Å². The van der Waals surface area contributed by atoms with E-state index in [2.05, 4.69) is 23.5 Å². The third-order valence-corrected chi connectivity index (χ3v) is 6.39. The Hall–Kier alpha value is -3.04. The highest BCUT2D eigenvalue weighted by Crippen LogP contribution is 2.36. The summed E-state index contributed by atoms with van der Waals surface area (Å²) >= 11 is 0. The molecule has 0 spiro atoms. The zero-order valence-electron chi connectivity index (χ0n) is 19.0. The lowest BCUT2D eigenvalue weighted by Crippen LogP contribution is -3.14. The van der Waals surface area contributed by atoms with Crippen LogP contribution < -0.4 is 19.7 Å². The molecule has 1 heterocycles. The van der Waals surface area contributed by atoms with Crippen LogP contribution in [0.15, 0.2) is 42.5 Å². The van der Waals surface area contributed by atoms with Gasteiger partial charge in [-0.25, -0.2) is 0 Å². The highest BCUT2D eigenvalue weighted by atomic mass is 16.5. The van der Waals surface area contributed by atoms with Crippen LogP contribution in [0, 0.1) is 17.2 Å². The predicted molar refractivity (Wildman–Crippen MR) is 119 cm³/mol. The van der Waals surface area contributed by atoms with Crippen LogP contribution in [0.5, 0.6) is 11.5 Å². The topological polar surface area (TPSA) is 75.8 Å². The van der Waals surface area contributed by atoms with Crippen LogP contribution in [0.4, 0.5) is 0 Å². The van der Waals surface area contributed by atoms with Crippen molar-refractivity contribution in [1.29, 1.82) is 5.26 Å². The Morgan fingerprint density at radius 2 is 1.87 bits per heavy atom. The minimum atomic E-state index is -0.886. The minimum Gasteiger partial charge on any atom is -0.493 e. The standard InChI is InChI=1S/C25H31N3O3/c1-17(2)25(3,16-26)27-23(29)15-28-12-11-19-13-21(30-4)22(31-5)14-20(19)24(28)18-9-7-6-8-10-18/h6-10,13-14,17,24H,11-12,15H2,1-5H3,(H,27,29)/p+1/t24-,25-/m0/s1. The van der Waals surface area contributed by atoms with E-state index in [1.807, 2.05) is 44.2 Å². The molecule has 1 aliphatic rings. The summed E-state index contributed by atoms with van der Waals surface area (Å²) in [5, 5.41) is 12.5. The van der Waals surface area contributed by atoms with Crippen LogP contribution in [0.3, 0.4) is 0 Å². The fraction of sp³-hybridized carbons (Fsp3) is 0.440. The van der Waals surface area contributed by atoms with Crippen molar-refractivity contribution in [2.24, 2.45) is 5.92 Å². The van der Waals surface area contributed by atoms with Gasteiger partial charge < -0.3 is 19.7 Å². The van der Waals surface area contributed by atoms with Gasteiger partial charge in [0.05, 0.1) is 26.8 Å². The molecule has 2 aromatic rings. The molecular weight excluding hydrogens is 390 g/mol. The summed E-state index contributed by atoms with van der Waals surface area (Å²) in [4.78, 5) is 14.1. The number of fused-ring (bicyclic) bond motifs is 1. The molecule has 3 atom stereocenters. The number of rotatable bonds is 7. The number of nitriles is 1. The molecule has 6 heteroatoms. The first-order chi connectivity index (χ1) is 14.8. The van der Waals surface area contributed by atoms with Crippen molar-refractivity contribution in [2.45, 2.75) is 38.8 Å². The zero-order chi connectivity index (χ0) is 22.6. The van der Waals surface area contributed by atoms with Gasteiger partial charge in [0.25, 0.3) is 5.91 Å². The maximum Gasteiger partial charge on any atom is 0.276 e. The lowest BCUT2D eigenvalue weighted by molar-refractivity contribution is -0.920. The summed E-state index contributed by atoms with van der Waals surface area (Å²) in [6.45, 7) is 6.76. The summed E-state index contributed by atoms with van der Waals surface area (Å²) < 4.78 is 11.1. The molecule has 0 bridgehead atoms. The van der Waals surface area contributed by atoms with Gasteiger partial charge in [-0.15, -0.1) is 0 Å². The molecule has 0 radical (unpaired) electrons. The molecule has 2 aromatic carbocycles. The first-order valence-electron chi connectivity index (χ1n) is 10.7. The van der Waals surface area contributed by atoms with E-state index in [9.17, 15) is 10.1 Å². The molecule has 1 amide bonds. The van der Waals surface area contributed by atoms with Gasteiger partial charge >= 0.3 is 0 Å². The fourth-order valence-corrected chi connectivity index (χ4v) is 4.17. The number of amides is 1. The van der Waals surface area contributed by atoms with Gasteiger partial charge in [0.2, 0.25) is 0 Å². The Morgan fingerprint density at radius 1 is 1.23 bits per heavy atom. The number of carbonyl (C=O) groups is 1. The van der Waals surface area contributed by atoms with Gasteiger partial charge in [0, 0.05) is 17.5 Å². The molecule has 6 nitrogen and oxygen atoms in total. The van der Waals surface area contributed by atoms with Gasteiger partial charge in [0.1, 0.15) is 11.6 Å². The van der Waals surface area contributed by atoms with Gasteiger partial charge in [-0.2, -0.15) is 5.26 Å². The largest absolute Gasteiger partial charge is 0.493 e. The predicted octanol–water partition coefficient (Wildman–Crippen LogP) is 2.29. The molecule has 0 aromatic heterocycles. The third kappa shape index (κ3) is 4.67. The SMILES string of the molecule is COc1cc2c(cc1OC)[C@H](c1ccccc1)[NH+](CC(=O)N[C@@](C)(C#N)C(C)C)CC2. The highest BCUT2D eigenvalue weighted by molar-refractivity contribution is 5.78. The Balaban J connectivity index is 1.96. The highest BCUT2D eigenvalue weighted by Gasteiger charge is 2.37. The van der Waals surface area contributed by atoms with E-state index in [1.165, 1.54) is 5.56 Å². The fourth-order valence-electron chi connectivity index (χ4n) is 4.17. The summed E-state index contributed by atoms with van der Waals surface area (Å²) in [7, 11) is 3.28. The van der Waals surface area contributed by atoms with E-state index < -0.39 is 5.54 Å². The van der Waals surface area contributed by atoms with Crippen LogP contribution in [-0.4, -0.2) is 38.8 Å². The smallest absolute Gasteiger partial charge is 0.276 e. The summed E-state index contributed by atoms with van der Waals surface area (Å²) in [6, 6.07) is 16.6. The Morgan fingerprint density at radius 3 is 2.45 bits per heavy atom. The van der Waals surface area contributed by atoms with Crippen LogP contribution in [0.25, 0.3) is 0 Å². The number of hydrogen-bond donors (Lipinski definition) is 2.